The Hall–Kier alpha value is -3.35. The highest BCUT2D eigenvalue weighted by Gasteiger charge is 2.23. The number of fused-ring (bicyclic) bond motifs is 1. The molecule has 7 heteroatoms. The monoisotopic (exact) mass is 448 g/mol. The minimum absolute atomic E-state index is 0.0199. The molecular formula is C26H32N4O3. The second-order valence-electron chi connectivity index (χ2n) is 8.75. The molecule has 1 saturated carbocycles. The van der Waals surface area contributed by atoms with Crippen LogP contribution in [0.15, 0.2) is 53.3 Å². The Morgan fingerprint density at radius 2 is 1.61 bits per heavy atom. The number of amides is 2. The fourth-order valence-corrected chi connectivity index (χ4v) is 4.76. The zero-order valence-electron chi connectivity index (χ0n) is 19.4. The molecule has 0 atom stereocenters. The molecule has 0 unspecified atom stereocenters. The molecular weight excluding hydrogens is 416 g/mol. The molecule has 2 amide bonds. The number of hydrogen-bond donors (Lipinski definition) is 1. The van der Waals surface area contributed by atoms with Gasteiger partial charge in [0.2, 0.25) is 5.91 Å². The van der Waals surface area contributed by atoms with Crippen LogP contribution in [-0.2, 0) is 17.9 Å². The summed E-state index contributed by atoms with van der Waals surface area (Å²) in [6.07, 6.45) is 5.93. The summed E-state index contributed by atoms with van der Waals surface area (Å²) in [7, 11) is 1.88. The van der Waals surface area contributed by atoms with E-state index in [1.807, 2.05) is 43.1 Å². The van der Waals surface area contributed by atoms with E-state index in [-0.39, 0.29) is 23.9 Å². The lowest BCUT2D eigenvalue weighted by Crippen LogP contribution is -2.38. The van der Waals surface area contributed by atoms with E-state index in [9.17, 15) is 14.4 Å². The van der Waals surface area contributed by atoms with Gasteiger partial charge in [0.05, 0.1) is 11.0 Å². The number of carbonyl (C=O) groups excluding carboxylic acids is 2. The van der Waals surface area contributed by atoms with Crippen LogP contribution in [0.25, 0.3) is 11.0 Å². The molecule has 0 spiro atoms. The summed E-state index contributed by atoms with van der Waals surface area (Å²) in [5, 5.41) is 2.87. The second kappa shape index (κ2) is 10.1. The van der Waals surface area contributed by atoms with E-state index >= 15 is 0 Å². The normalized spacial score (nSPS) is 14.4. The van der Waals surface area contributed by atoms with Crippen LogP contribution in [0.2, 0.25) is 0 Å². The van der Waals surface area contributed by atoms with Gasteiger partial charge in [-0.3, -0.25) is 18.7 Å². The average Bonchev–Trinajstić information content (AvgIpc) is 3.13. The Morgan fingerprint density at radius 1 is 0.970 bits per heavy atom. The molecule has 0 aliphatic heterocycles. The highest BCUT2D eigenvalue weighted by molar-refractivity contribution is 5.96. The Bertz CT molecular complexity index is 1190. The predicted molar refractivity (Wildman–Crippen MR) is 131 cm³/mol. The molecule has 1 fully saturated rings. The van der Waals surface area contributed by atoms with Crippen molar-refractivity contribution in [2.45, 2.75) is 64.6 Å². The molecule has 0 radical (unpaired) electrons. The molecule has 1 aliphatic rings. The van der Waals surface area contributed by atoms with Crippen molar-refractivity contribution in [3.05, 3.63) is 64.6 Å². The summed E-state index contributed by atoms with van der Waals surface area (Å²) in [6.45, 7) is 2.83. The molecule has 3 aromatic rings. The second-order valence-corrected chi connectivity index (χ2v) is 8.75. The third kappa shape index (κ3) is 4.87. The summed E-state index contributed by atoms with van der Waals surface area (Å²) in [5.41, 5.74) is 2.88. The molecule has 4 rings (SSSR count). The Kier molecular flexibility index (Phi) is 6.96. The number of nitrogens with zero attached hydrogens (tertiary/aromatic N) is 3. The topological polar surface area (TPSA) is 76.3 Å². The lowest BCUT2D eigenvalue weighted by Gasteiger charge is -2.31. The van der Waals surface area contributed by atoms with Crippen molar-refractivity contribution in [3.63, 3.8) is 0 Å². The number of para-hydroxylation sites is 2. The highest BCUT2D eigenvalue weighted by Crippen LogP contribution is 2.23. The number of carbonyl (C=O) groups is 2. The predicted octanol–water partition coefficient (Wildman–Crippen LogP) is 4.26. The molecule has 174 valence electrons. The molecule has 33 heavy (non-hydrogen) atoms. The van der Waals surface area contributed by atoms with Crippen LogP contribution in [0, 0.1) is 0 Å². The first-order chi connectivity index (χ1) is 16.0. The number of rotatable bonds is 7. The van der Waals surface area contributed by atoms with Crippen molar-refractivity contribution in [1.29, 1.82) is 0 Å². The van der Waals surface area contributed by atoms with E-state index in [4.69, 9.17) is 0 Å². The van der Waals surface area contributed by atoms with Gasteiger partial charge in [-0.15, -0.1) is 0 Å². The van der Waals surface area contributed by atoms with Crippen LogP contribution in [-0.4, -0.2) is 38.9 Å². The number of nitrogens with one attached hydrogen (secondary N) is 1. The molecule has 7 nitrogen and oxygen atoms in total. The molecule has 2 aromatic carbocycles. The van der Waals surface area contributed by atoms with Crippen LogP contribution in [0.5, 0.6) is 0 Å². The van der Waals surface area contributed by atoms with Gasteiger partial charge in [0.1, 0.15) is 0 Å². The van der Waals surface area contributed by atoms with Gasteiger partial charge in [-0.25, -0.2) is 4.79 Å². The molecule has 1 heterocycles. The zero-order chi connectivity index (χ0) is 23.4. The van der Waals surface area contributed by atoms with E-state index in [0.717, 1.165) is 23.9 Å². The maximum atomic E-state index is 12.8. The van der Waals surface area contributed by atoms with Gasteiger partial charge in [-0.2, -0.15) is 0 Å². The summed E-state index contributed by atoms with van der Waals surface area (Å²) in [5.74, 6) is -0.153. The van der Waals surface area contributed by atoms with Crippen LogP contribution in [0.1, 0.15) is 55.8 Å². The van der Waals surface area contributed by atoms with Gasteiger partial charge in [-0.05, 0) is 56.2 Å². The van der Waals surface area contributed by atoms with E-state index in [0.29, 0.717) is 30.4 Å². The van der Waals surface area contributed by atoms with Crippen LogP contribution in [0.3, 0.4) is 0 Å². The first-order valence-electron chi connectivity index (χ1n) is 11.8. The maximum Gasteiger partial charge on any atom is 0.329 e. The largest absolute Gasteiger partial charge is 0.339 e. The number of hydrogen-bond acceptors (Lipinski definition) is 3. The van der Waals surface area contributed by atoms with Gasteiger partial charge < -0.3 is 10.2 Å². The summed E-state index contributed by atoms with van der Waals surface area (Å²) in [6, 6.07) is 15.0. The van der Waals surface area contributed by atoms with E-state index in [1.165, 1.54) is 19.3 Å². The minimum Gasteiger partial charge on any atom is -0.339 e. The summed E-state index contributed by atoms with van der Waals surface area (Å²) >= 11 is 0. The number of anilines is 1. The standard InChI is InChI=1S/C26H32N4O3/c1-3-29-22-11-7-8-12-23(22)30(26(29)33)18-17-24(31)27-20-15-13-19(14-16-20)25(32)28(2)21-9-5-4-6-10-21/h7-8,11-16,21H,3-6,9-10,17-18H2,1-2H3,(H,27,31). The number of benzene rings is 2. The zero-order valence-corrected chi connectivity index (χ0v) is 19.4. The first-order valence-corrected chi connectivity index (χ1v) is 11.8. The van der Waals surface area contributed by atoms with Gasteiger partial charge in [-0.1, -0.05) is 31.4 Å². The van der Waals surface area contributed by atoms with Crippen LogP contribution in [0.4, 0.5) is 5.69 Å². The maximum absolute atomic E-state index is 12.8. The molecule has 1 aliphatic carbocycles. The first kappa shape index (κ1) is 22.8. The number of aromatic nitrogens is 2. The SMILES string of the molecule is CCn1c(=O)n(CCC(=O)Nc2ccc(C(=O)N(C)C3CCCCC3)cc2)c2ccccc21. The Labute approximate surface area is 194 Å². The van der Waals surface area contributed by atoms with Crippen molar-refractivity contribution in [2.24, 2.45) is 0 Å². The summed E-state index contributed by atoms with van der Waals surface area (Å²) < 4.78 is 3.37. The van der Waals surface area contributed by atoms with Gasteiger partial charge in [0, 0.05) is 43.9 Å². The lowest BCUT2D eigenvalue weighted by atomic mass is 9.94. The average molecular weight is 449 g/mol. The fourth-order valence-electron chi connectivity index (χ4n) is 4.76. The molecule has 1 N–H and O–H groups in total. The molecule has 0 bridgehead atoms. The van der Waals surface area contributed by atoms with Crippen LogP contribution >= 0.6 is 0 Å². The molecule has 1 aromatic heterocycles. The smallest absolute Gasteiger partial charge is 0.329 e. The summed E-state index contributed by atoms with van der Waals surface area (Å²) in [4.78, 5) is 39.9. The van der Waals surface area contributed by atoms with Gasteiger partial charge >= 0.3 is 5.69 Å². The van der Waals surface area contributed by atoms with E-state index < -0.39 is 0 Å². The Morgan fingerprint density at radius 3 is 2.24 bits per heavy atom. The lowest BCUT2D eigenvalue weighted by molar-refractivity contribution is -0.116. The number of aryl methyl sites for hydroxylation is 2. The quantitative estimate of drug-likeness (QED) is 0.587. The van der Waals surface area contributed by atoms with E-state index in [2.05, 4.69) is 5.32 Å². The third-order valence-corrected chi connectivity index (χ3v) is 6.66. The van der Waals surface area contributed by atoms with Gasteiger partial charge in [0.25, 0.3) is 5.91 Å². The van der Waals surface area contributed by atoms with Gasteiger partial charge in [0.15, 0.2) is 0 Å². The third-order valence-electron chi connectivity index (χ3n) is 6.66. The van der Waals surface area contributed by atoms with Crippen molar-refractivity contribution in [2.75, 3.05) is 12.4 Å². The van der Waals surface area contributed by atoms with Crippen molar-refractivity contribution in [1.82, 2.24) is 14.0 Å². The number of imidazole rings is 1. The minimum atomic E-state index is -0.173. The fraction of sp³-hybridized carbons (Fsp3) is 0.423. The Balaban J connectivity index is 1.37. The van der Waals surface area contributed by atoms with Crippen molar-refractivity contribution < 1.29 is 9.59 Å². The highest BCUT2D eigenvalue weighted by atomic mass is 16.2. The van der Waals surface area contributed by atoms with Crippen molar-refractivity contribution >= 4 is 28.5 Å². The van der Waals surface area contributed by atoms with Crippen LogP contribution < -0.4 is 11.0 Å². The molecule has 0 saturated heterocycles. The van der Waals surface area contributed by atoms with Crippen molar-refractivity contribution in [3.8, 4) is 0 Å². The van der Waals surface area contributed by atoms with E-state index in [1.54, 1.807) is 33.4 Å².